The van der Waals surface area contributed by atoms with Crippen LogP contribution in [0.1, 0.15) is 23.2 Å². The summed E-state index contributed by atoms with van der Waals surface area (Å²) in [6, 6.07) is 5.67. The molecule has 1 aromatic rings. The van der Waals surface area contributed by atoms with Crippen LogP contribution < -0.4 is 11.1 Å². The lowest BCUT2D eigenvalue weighted by molar-refractivity contribution is 0.0601. The van der Waals surface area contributed by atoms with E-state index in [9.17, 15) is 4.79 Å². The standard InChI is InChI=1S/C15H21N3O2/c1-20-15(19)11-2-3-12(16)13(8-11)17-14-9-18-6-4-10(14)5-7-18/h2-3,8,10,14,17H,4-7,9,16H2,1H3. The van der Waals surface area contributed by atoms with Crippen molar-refractivity contribution in [3.05, 3.63) is 23.8 Å². The van der Waals surface area contributed by atoms with Crippen molar-refractivity contribution < 1.29 is 9.53 Å². The molecule has 1 atom stereocenters. The molecule has 0 aliphatic carbocycles. The van der Waals surface area contributed by atoms with Crippen LogP contribution in [0.3, 0.4) is 0 Å². The van der Waals surface area contributed by atoms with Crippen molar-refractivity contribution in [2.75, 3.05) is 37.8 Å². The summed E-state index contributed by atoms with van der Waals surface area (Å²) in [5, 5.41) is 3.53. The van der Waals surface area contributed by atoms with Crippen molar-refractivity contribution in [3.8, 4) is 0 Å². The van der Waals surface area contributed by atoms with E-state index in [4.69, 9.17) is 10.5 Å². The molecule has 3 heterocycles. The number of rotatable bonds is 3. The molecule has 0 aromatic heterocycles. The van der Waals surface area contributed by atoms with Gasteiger partial charge in [0.05, 0.1) is 24.0 Å². The highest BCUT2D eigenvalue weighted by molar-refractivity contribution is 5.92. The molecular formula is C15H21N3O2. The van der Waals surface area contributed by atoms with E-state index in [0.717, 1.165) is 12.2 Å². The van der Waals surface area contributed by atoms with E-state index >= 15 is 0 Å². The van der Waals surface area contributed by atoms with Crippen molar-refractivity contribution in [1.29, 1.82) is 0 Å². The quantitative estimate of drug-likeness (QED) is 0.647. The molecule has 108 valence electrons. The van der Waals surface area contributed by atoms with Gasteiger partial charge in [-0.3, -0.25) is 0 Å². The summed E-state index contributed by atoms with van der Waals surface area (Å²) >= 11 is 0. The number of nitrogens with zero attached hydrogens (tertiary/aromatic N) is 1. The van der Waals surface area contributed by atoms with Crippen LogP contribution in [0, 0.1) is 5.92 Å². The average molecular weight is 275 g/mol. The topological polar surface area (TPSA) is 67.6 Å². The molecule has 5 nitrogen and oxygen atoms in total. The van der Waals surface area contributed by atoms with Crippen LogP contribution in [0.2, 0.25) is 0 Å². The second-order valence-electron chi connectivity index (χ2n) is 5.68. The average Bonchev–Trinajstić information content (AvgIpc) is 2.50. The fraction of sp³-hybridized carbons (Fsp3) is 0.533. The van der Waals surface area contributed by atoms with Crippen LogP contribution in [0.5, 0.6) is 0 Å². The van der Waals surface area contributed by atoms with Crippen molar-refractivity contribution in [1.82, 2.24) is 4.90 Å². The highest BCUT2D eigenvalue weighted by Gasteiger charge is 2.34. The summed E-state index contributed by atoms with van der Waals surface area (Å²) in [4.78, 5) is 14.1. The maximum Gasteiger partial charge on any atom is 0.337 e. The number of piperidine rings is 3. The monoisotopic (exact) mass is 275 g/mol. The minimum Gasteiger partial charge on any atom is -0.465 e. The zero-order valence-corrected chi connectivity index (χ0v) is 11.8. The lowest BCUT2D eigenvalue weighted by atomic mass is 9.84. The molecule has 1 unspecified atom stereocenters. The number of ether oxygens (including phenoxy) is 1. The molecular weight excluding hydrogens is 254 g/mol. The first kappa shape index (κ1) is 13.2. The van der Waals surface area contributed by atoms with Crippen molar-refractivity contribution in [3.63, 3.8) is 0 Å². The number of carbonyl (C=O) groups is 1. The number of nitrogen functional groups attached to an aromatic ring is 1. The number of hydrogen-bond acceptors (Lipinski definition) is 5. The SMILES string of the molecule is COC(=O)c1ccc(N)c(NC2CN3CCC2CC3)c1. The molecule has 0 amide bonds. The van der Waals surface area contributed by atoms with Gasteiger partial charge >= 0.3 is 5.97 Å². The van der Waals surface area contributed by atoms with E-state index in [0.29, 0.717) is 23.2 Å². The van der Waals surface area contributed by atoms with Gasteiger partial charge in [-0.15, -0.1) is 0 Å². The lowest BCUT2D eigenvalue weighted by Crippen LogP contribution is -2.53. The number of benzene rings is 1. The Morgan fingerprint density at radius 2 is 2.15 bits per heavy atom. The fourth-order valence-corrected chi connectivity index (χ4v) is 3.25. The van der Waals surface area contributed by atoms with Gasteiger partial charge in [0.15, 0.2) is 0 Å². The minimum absolute atomic E-state index is 0.332. The molecule has 2 bridgehead atoms. The number of anilines is 2. The van der Waals surface area contributed by atoms with Gasteiger partial charge in [0, 0.05) is 12.6 Å². The summed E-state index contributed by atoms with van der Waals surface area (Å²) in [5.41, 5.74) is 8.07. The summed E-state index contributed by atoms with van der Waals surface area (Å²) in [5.74, 6) is 0.378. The number of fused-ring (bicyclic) bond motifs is 3. The second kappa shape index (κ2) is 5.32. The molecule has 4 rings (SSSR count). The number of carbonyl (C=O) groups excluding carboxylic acids is 1. The molecule has 3 aliphatic heterocycles. The smallest absolute Gasteiger partial charge is 0.337 e. The highest BCUT2D eigenvalue weighted by atomic mass is 16.5. The summed E-state index contributed by atoms with van der Waals surface area (Å²) in [7, 11) is 1.39. The van der Waals surface area contributed by atoms with E-state index in [1.807, 2.05) is 0 Å². The van der Waals surface area contributed by atoms with Crippen LogP contribution in [0.15, 0.2) is 18.2 Å². The van der Waals surface area contributed by atoms with Crippen LogP contribution in [-0.4, -0.2) is 43.7 Å². The predicted octanol–water partition coefficient (Wildman–Crippen LogP) is 1.56. The first-order chi connectivity index (χ1) is 9.67. The first-order valence-electron chi connectivity index (χ1n) is 7.14. The molecule has 0 radical (unpaired) electrons. The summed E-state index contributed by atoms with van der Waals surface area (Å²) in [6.07, 6.45) is 2.49. The maximum atomic E-state index is 11.6. The predicted molar refractivity (Wildman–Crippen MR) is 78.8 cm³/mol. The Morgan fingerprint density at radius 3 is 2.75 bits per heavy atom. The molecule has 3 aliphatic rings. The van der Waals surface area contributed by atoms with E-state index < -0.39 is 0 Å². The van der Waals surface area contributed by atoms with Crippen LogP contribution in [-0.2, 0) is 4.74 Å². The van der Waals surface area contributed by atoms with Crippen LogP contribution in [0.25, 0.3) is 0 Å². The van der Waals surface area contributed by atoms with E-state index in [-0.39, 0.29) is 5.97 Å². The van der Waals surface area contributed by atoms with Gasteiger partial charge < -0.3 is 20.7 Å². The normalized spacial score (nSPS) is 28.1. The third-order valence-corrected chi connectivity index (χ3v) is 4.47. The van der Waals surface area contributed by atoms with E-state index in [1.54, 1.807) is 18.2 Å². The number of nitrogens with two attached hydrogens (primary N) is 1. The number of nitrogens with one attached hydrogen (secondary N) is 1. The molecule has 5 heteroatoms. The van der Waals surface area contributed by atoms with Gasteiger partial charge in [-0.25, -0.2) is 4.79 Å². The van der Waals surface area contributed by atoms with Crippen molar-refractivity contribution in [2.45, 2.75) is 18.9 Å². The lowest BCUT2D eigenvalue weighted by Gasteiger charge is -2.45. The summed E-state index contributed by atoms with van der Waals surface area (Å²) in [6.45, 7) is 3.48. The Bertz CT molecular complexity index is 510. The van der Waals surface area contributed by atoms with Gasteiger partial charge in [0.25, 0.3) is 0 Å². The molecule has 3 saturated heterocycles. The Kier molecular flexibility index (Phi) is 3.53. The molecule has 3 N–H and O–H groups in total. The molecule has 3 fully saturated rings. The number of esters is 1. The van der Waals surface area contributed by atoms with E-state index in [1.165, 1.54) is 33.0 Å². The second-order valence-corrected chi connectivity index (χ2v) is 5.68. The largest absolute Gasteiger partial charge is 0.465 e. The van der Waals surface area contributed by atoms with Crippen molar-refractivity contribution in [2.24, 2.45) is 5.92 Å². The van der Waals surface area contributed by atoms with Crippen LogP contribution in [0.4, 0.5) is 11.4 Å². The van der Waals surface area contributed by atoms with Crippen LogP contribution >= 0.6 is 0 Å². The zero-order valence-electron chi connectivity index (χ0n) is 11.8. The minimum atomic E-state index is -0.332. The Labute approximate surface area is 119 Å². The molecule has 0 saturated carbocycles. The Morgan fingerprint density at radius 1 is 1.40 bits per heavy atom. The van der Waals surface area contributed by atoms with Gasteiger partial charge in [-0.2, -0.15) is 0 Å². The van der Waals surface area contributed by atoms with Crippen molar-refractivity contribution >= 4 is 17.3 Å². The first-order valence-corrected chi connectivity index (χ1v) is 7.14. The molecule has 20 heavy (non-hydrogen) atoms. The summed E-state index contributed by atoms with van der Waals surface area (Å²) < 4.78 is 4.75. The zero-order chi connectivity index (χ0) is 14.1. The number of methoxy groups -OCH3 is 1. The highest BCUT2D eigenvalue weighted by Crippen LogP contribution is 2.31. The number of hydrogen-bond donors (Lipinski definition) is 2. The Hall–Kier alpha value is -1.75. The van der Waals surface area contributed by atoms with Gasteiger partial charge in [0.1, 0.15) is 0 Å². The van der Waals surface area contributed by atoms with Gasteiger partial charge in [-0.05, 0) is 50.0 Å². The van der Waals surface area contributed by atoms with Gasteiger partial charge in [0.2, 0.25) is 0 Å². The van der Waals surface area contributed by atoms with Gasteiger partial charge in [-0.1, -0.05) is 0 Å². The molecule has 1 aromatic carbocycles. The third-order valence-electron chi connectivity index (χ3n) is 4.47. The van der Waals surface area contributed by atoms with E-state index in [2.05, 4.69) is 10.2 Å². The molecule has 0 spiro atoms. The Balaban J connectivity index is 1.78. The third kappa shape index (κ3) is 2.45. The maximum absolute atomic E-state index is 11.6. The fourth-order valence-electron chi connectivity index (χ4n) is 3.25.